The van der Waals surface area contributed by atoms with E-state index in [1.54, 1.807) is 0 Å². The highest BCUT2D eigenvalue weighted by molar-refractivity contribution is 6.33. The average Bonchev–Trinajstić information content (AvgIpc) is 2.74. The largest absolute Gasteiger partial charge is 0.418 e. The van der Waals surface area contributed by atoms with E-state index in [0.29, 0.717) is 0 Å². The number of carbonyl (C=O) groups excluding carboxylic acids is 1. The third-order valence-corrected chi connectivity index (χ3v) is 4.48. The van der Waals surface area contributed by atoms with Gasteiger partial charge in [-0.15, -0.1) is 0 Å². The van der Waals surface area contributed by atoms with Crippen molar-refractivity contribution in [3.8, 4) is 0 Å². The first-order valence-electron chi connectivity index (χ1n) is 7.72. The topological polar surface area (TPSA) is 55.1 Å². The number of hydrogen-bond donors (Lipinski definition) is 2. The number of nitrogens with one attached hydrogen (secondary N) is 1. The molecule has 0 unspecified atom stereocenters. The molecule has 0 aromatic heterocycles. The first-order valence-corrected chi connectivity index (χ1v) is 8.09. The molecule has 0 atom stereocenters. The van der Waals surface area contributed by atoms with E-state index in [9.17, 15) is 18.0 Å². The van der Waals surface area contributed by atoms with E-state index >= 15 is 0 Å². The molecule has 1 fully saturated rings. The molecule has 0 bridgehead atoms. The monoisotopic (exact) mass is 348 g/mol. The number of halogens is 4. The average molecular weight is 349 g/mol. The summed E-state index contributed by atoms with van der Waals surface area (Å²) in [7, 11) is 0. The Balaban J connectivity index is 2.08. The van der Waals surface area contributed by atoms with Crippen LogP contribution in [0.5, 0.6) is 0 Å². The SMILES string of the molecule is Nc1c(Cl)cc(C(=O)CNC2CCCCCC2)cc1C(F)(F)F. The number of alkyl halides is 3. The molecule has 0 radical (unpaired) electrons. The lowest BCUT2D eigenvalue weighted by Crippen LogP contribution is -2.33. The van der Waals surface area contributed by atoms with Crippen LogP contribution >= 0.6 is 11.6 Å². The zero-order valence-corrected chi connectivity index (χ0v) is 13.4. The van der Waals surface area contributed by atoms with Crippen LogP contribution in [-0.4, -0.2) is 18.4 Å². The summed E-state index contributed by atoms with van der Waals surface area (Å²) >= 11 is 5.74. The number of benzene rings is 1. The van der Waals surface area contributed by atoms with Crippen LogP contribution in [0.2, 0.25) is 5.02 Å². The highest BCUT2D eigenvalue weighted by Gasteiger charge is 2.34. The zero-order chi connectivity index (χ0) is 17.0. The lowest BCUT2D eigenvalue weighted by atomic mass is 10.0. The molecule has 3 N–H and O–H groups in total. The normalized spacial score (nSPS) is 17.0. The summed E-state index contributed by atoms with van der Waals surface area (Å²) in [6.45, 7) is 0.00219. The molecule has 1 aromatic carbocycles. The molecule has 23 heavy (non-hydrogen) atoms. The summed E-state index contributed by atoms with van der Waals surface area (Å²) in [5, 5.41) is 2.89. The van der Waals surface area contributed by atoms with Crippen molar-refractivity contribution in [3.63, 3.8) is 0 Å². The molecule has 0 saturated heterocycles. The molecule has 3 nitrogen and oxygen atoms in total. The van der Waals surface area contributed by atoms with Gasteiger partial charge in [-0.3, -0.25) is 4.79 Å². The second-order valence-electron chi connectivity index (χ2n) is 5.91. The number of ketones is 1. The highest BCUT2D eigenvalue weighted by Crippen LogP contribution is 2.37. The number of nitrogen functional groups attached to an aromatic ring is 1. The summed E-state index contributed by atoms with van der Waals surface area (Å²) in [6, 6.07) is 2.22. The van der Waals surface area contributed by atoms with Gasteiger partial charge in [-0.1, -0.05) is 37.3 Å². The molecule has 0 aliphatic heterocycles. The van der Waals surface area contributed by atoms with Gasteiger partial charge in [-0.25, -0.2) is 0 Å². The Kier molecular flexibility index (Phi) is 5.92. The molecule has 128 valence electrons. The predicted octanol–water partition coefficient (Wildman–Crippen LogP) is 4.44. The van der Waals surface area contributed by atoms with Crippen molar-refractivity contribution in [1.82, 2.24) is 5.32 Å². The number of Topliss-reactive ketones (excluding diaryl/α,β-unsaturated/α-hetero) is 1. The molecule has 1 saturated carbocycles. The maximum atomic E-state index is 12.9. The molecule has 0 heterocycles. The number of nitrogens with two attached hydrogens (primary N) is 1. The van der Waals surface area contributed by atoms with Crippen molar-refractivity contribution in [2.75, 3.05) is 12.3 Å². The van der Waals surface area contributed by atoms with Gasteiger partial charge in [0.15, 0.2) is 5.78 Å². The van der Waals surface area contributed by atoms with Gasteiger partial charge < -0.3 is 11.1 Å². The Bertz CT molecular complexity index is 567. The second-order valence-corrected chi connectivity index (χ2v) is 6.32. The van der Waals surface area contributed by atoms with E-state index in [4.69, 9.17) is 17.3 Å². The van der Waals surface area contributed by atoms with Crippen LogP contribution in [-0.2, 0) is 6.18 Å². The molecule has 0 spiro atoms. The van der Waals surface area contributed by atoms with Gasteiger partial charge in [0.2, 0.25) is 0 Å². The van der Waals surface area contributed by atoms with Crippen LogP contribution in [0.25, 0.3) is 0 Å². The van der Waals surface area contributed by atoms with Crippen molar-refractivity contribution in [2.24, 2.45) is 0 Å². The van der Waals surface area contributed by atoms with E-state index in [2.05, 4.69) is 5.32 Å². The fraction of sp³-hybridized carbons (Fsp3) is 0.562. The fourth-order valence-corrected chi connectivity index (χ4v) is 3.06. The first-order chi connectivity index (χ1) is 10.8. The van der Waals surface area contributed by atoms with Gasteiger partial charge in [-0.2, -0.15) is 13.2 Å². The van der Waals surface area contributed by atoms with Crippen LogP contribution < -0.4 is 11.1 Å². The van der Waals surface area contributed by atoms with Crippen LogP contribution in [0, 0.1) is 0 Å². The molecule has 7 heteroatoms. The Hall–Kier alpha value is -1.27. The fourth-order valence-electron chi connectivity index (χ4n) is 2.84. The maximum absolute atomic E-state index is 12.9. The standard InChI is InChI=1S/C16H20ClF3N2O/c17-13-8-10(7-12(15(13)21)16(18,19)20)14(23)9-22-11-5-3-1-2-4-6-11/h7-8,11,22H,1-6,9,21H2. The maximum Gasteiger partial charge on any atom is 0.418 e. The molecule has 1 aliphatic carbocycles. The van der Waals surface area contributed by atoms with Crippen molar-refractivity contribution in [2.45, 2.75) is 50.7 Å². The quantitative estimate of drug-likeness (QED) is 0.480. The number of rotatable bonds is 4. The summed E-state index contributed by atoms with van der Waals surface area (Å²) in [5.74, 6) is -0.415. The smallest absolute Gasteiger partial charge is 0.397 e. The van der Waals surface area contributed by atoms with Crippen LogP contribution in [0.1, 0.15) is 54.4 Å². The van der Waals surface area contributed by atoms with Crippen LogP contribution in [0.4, 0.5) is 18.9 Å². The van der Waals surface area contributed by atoms with Crippen molar-refractivity contribution >= 4 is 23.1 Å². The van der Waals surface area contributed by atoms with E-state index in [0.717, 1.165) is 31.7 Å². The summed E-state index contributed by atoms with van der Waals surface area (Å²) in [5.41, 5.74) is 3.68. The van der Waals surface area contributed by atoms with E-state index in [1.807, 2.05) is 0 Å². The Morgan fingerprint density at radius 3 is 2.39 bits per heavy atom. The third-order valence-electron chi connectivity index (χ3n) is 4.16. The minimum absolute atomic E-state index is 0.00219. The molecule has 1 aromatic rings. The Morgan fingerprint density at radius 1 is 1.22 bits per heavy atom. The predicted molar refractivity (Wildman–Crippen MR) is 84.7 cm³/mol. The van der Waals surface area contributed by atoms with Gasteiger partial charge in [0.1, 0.15) is 0 Å². The molecule has 1 aliphatic rings. The zero-order valence-electron chi connectivity index (χ0n) is 12.7. The lowest BCUT2D eigenvalue weighted by molar-refractivity contribution is -0.136. The number of carbonyl (C=O) groups is 1. The summed E-state index contributed by atoms with van der Waals surface area (Å²) in [4.78, 5) is 12.2. The highest BCUT2D eigenvalue weighted by atomic mass is 35.5. The van der Waals surface area contributed by atoms with Gasteiger partial charge in [0.05, 0.1) is 22.8 Å². The molecular formula is C16H20ClF3N2O. The van der Waals surface area contributed by atoms with E-state index in [-0.39, 0.29) is 23.2 Å². The lowest BCUT2D eigenvalue weighted by Gasteiger charge is -2.16. The minimum Gasteiger partial charge on any atom is -0.397 e. The Morgan fingerprint density at radius 2 is 1.83 bits per heavy atom. The molecule has 0 amide bonds. The minimum atomic E-state index is -4.64. The van der Waals surface area contributed by atoms with Gasteiger partial charge in [0, 0.05) is 11.6 Å². The Labute approximate surface area is 138 Å². The third kappa shape index (κ3) is 4.85. The van der Waals surface area contributed by atoms with Crippen molar-refractivity contribution < 1.29 is 18.0 Å². The number of anilines is 1. The molecular weight excluding hydrogens is 329 g/mol. The van der Waals surface area contributed by atoms with E-state index < -0.39 is 23.2 Å². The van der Waals surface area contributed by atoms with Crippen LogP contribution in [0.3, 0.4) is 0 Å². The van der Waals surface area contributed by atoms with Gasteiger partial charge >= 0.3 is 6.18 Å². The number of hydrogen-bond acceptors (Lipinski definition) is 3. The van der Waals surface area contributed by atoms with E-state index in [1.165, 1.54) is 18.9 Å². The van der Waals surface area contributed by atoms with Crippen LogP contribution in [0.15, 0.2) is 12.1 Å². The molecule has 2 rings (SSSR count). The van der Waals surface area contributed by atoms with Crippen molar-refractivity contribution in [1.29, 1.82) is 0 Å². The van der Waals surface area contributed by atoms with Crippen molar-refractivity contribution in [3.05, 3.63) is 28.3 Å². The van der Waals surface area contributed by atoms with Gasteiger partial charge in [-0.05, 0) is 25.0 Å². The first kappa shape index (κ1) is 18.1. The van der Waals surface area contributed by atoms with Gasteiger partial charge in [0.25, 0.3) is 0 Å². The summed E-state index contributed by atoms with van der Waals surface area (Å²) in [6.07, 6.45) is 1.94. The summed E-state index contributed by atoms with van der Waals surface area (Å²) < 4.78 is 38.8. The second kappa shape index (κ2) is 7.53.